The molecule has 0 aliphatic carbocycles. The Hall–Kier alpha value is -1.76. The second kappa shape index (κ2) is 10.1. The minimum absolute atomic E-state index is 0.270. The number of rotatable bonds is 9. The molecule has 0 spiro atoms. The van der Waals surface area contributed by atoms with Crippen LogP contribution in [0.4, 0.5) is 0 Å². The highest BCUT2D eigenvalue weighted by molar-refractivity contribution is 7.54. The van der Waals surface area contributed by atoms with Crippen LogP contribution in [-0.2, 0) is 18.4 Å². The molecular weight excluding hydrogens is 428 g/mol. The van der Waals surface area contributed by atoms with Gasteiger partial charge < -0.3 is 23.8 Å². The molecule has 1 unspecified atom stereocenters. The van der Waals surface area contributed by atoms with Crippen molar-refractivity contribution >= 4 is 36.7 Å². The lowest BCUT2D eigenvalue weighted by molar-refractivity contribution is -0.123. The van der Waals surface area contributed by atoms with Gasteiger partial charge in [-0.25, -0.2) is 0 Å². The molecule has 0 fully saturated rings. The van der Waals surface area contributed by atoms with Crippen molar-refractivity contribution in [3.8, 4) is 11.5 Å². The first-order chi connectivity index (χ1) is 13.3. The summed E-state index contributed by atoms with van der Waals surface area (Å²) < 4.78 is 33.6. The number of methoxy groups -OCH3 is 1. The van der Waals surface area contributed by atoms with E-state index in [1.807, 2.05) is 0 Å². The molecule has 2 rings (SSSR count). The van der Waals surface area contributed by atoms with Gasteiger partial charge >= 0.3 is 7.60 Å². The van der Waals surface area contributed by atoms with Crippen LogP contribution in [0.15, 0.2) is 42.5 Å². The predicted octanol–water partition coefficient (Wildman–Crippen LogP) is 4.68. The van der Waals surface area contributed by atoms with E-state index >= 15 is 0 Å². The Morgan fingerprint density at radius 3 is 2.25 bits per heavy atom. The quantitative estimate of drug-likeness (QED) is 0.561. The van der Waals surface area contributed by atoms with Crippen LogP contribution in [-0.4, -0.2) is 33.8 Å². The standard InChI is InChI=1S/C18H20Cl2NO6P/c1-24-14-7-4-12(5-8-14)18(28(23,25-2)26-3)21-17(22)11-27-16-9-6-13(19)10-15(16)20/h4-10,18H,11H2,1-3H3,(H,21,22). The van der Waals surface area contributed by atoms with Crippen LogP contribution < -0.4 is 14.8 Å². The molecule has 0 radical (unpaired) electrons. The van der Waals surface area contributed by atoms with Gasteiger partial charge in [-0.15, -0.1) is 0 Å². The highest BCUT2D eigenvalue weighted by Crippen LogP contribution is 2.58. The Labute approximate surface area is 173 Å². The third kappa shape index (κ3) is 5.63. The molecule has 1 N–H and O–H groups in total. The molecule has 0 heterocycles. The number of nitrogens with one attached hydrogen (secondary N) is 1. The lowest BCUT2D eigenvalue weighted by Crippen LogP contribution is -2.33. The van der Waals surface area contributed by atoms with Crippen molar-refractivity contribution in [3.63, 3.8) is 0 Å². The first-order valence-corrected chi connectivity index (χ1v) is 10.4. The molecule has 0 bridgehead atoms. The van der Waals surface area contributed by atoms with Gasteiger partial charge in [-0.2, -0.15) is 0 Å². The van der Waals surface area contributed by atoms with Crippen molar-refractivity contribution in [3.05, 3.63) is 58.1 Å². The first kappa shape index (κ1) is 22.5. The van der Waals surface area contributed by atoms with E-state index in [9.17, 15) is 9.36 Å². The fourth-order valence-corrected chi connectivity index (χ4v) is 4.22. The van der Waals surface area contributed by atoms with Crippen molar-refractivity contribution < 1.29 is 27.9 Å². The molecule has 1 amide bonds. The average Bonchev–Trinajstić information content (AvgIpc) is 2.71. The smallest absolute Gasteiger partial charge is 0.356 e. The van der Waals surface area contributed by atoms with E-state index in [4.69, 9.17) is 41.7 Å². The monoisotopic (exact) mass is 447 g/mol. The molecule has 10 heteroatoms. The zero-order valence-electron chi connectivity index (χ0n) is 15.5. The van der Waals surface area contributed by atoms with Gasteiger partial charge in [0.25, 0.3) is 5.91 Å². The lowest BCUT2D eigenvalue weighted by Gasteiger charge is -2.25. The van der Waals surface area contributed by atoms with Crippen LogP contribution in [0.3, 0.4) is 0 Å². The summed E-state index contributed by atoms with van der Waals surface area (Å²) in [5.41, 5.74) is 0.519. The number of benzene rings is 2. The van der Waals surface area contributed by atoms with Crippen LogP contribution in [0.5, 0.6) is 11.5 Å². The van der Waals surface area contributed by atoms with E-state index in [0.717, 1.165) is 0 Å². The van der Waals surface area contributed by atoms with Crippen molar-refractivity contribution in [2.24, 2.45) is 0 Å². The van der Waals surface area contributed by atoms with E-state index in [1.165, 1.54) is 27.4 Å². The molecule has 152 valence electrons. The van der Waals surface area contributed by atoms with Gasteiger partial charge in [-0.1, -0.05) is 35.3 Å². The van der Waals surface area contributed by atoms with Crippen LogP contribution >= 0.6 is 30.8 Å². The van der Waals surface area contributed by atoms with Gasteiger partial charge in [0, 0.05) is 19.2 Å². The molecule has 0 aliphatic rings. The minimum Gasteiger partial charge on any atom is -0.497 e. The third-order valence-corrected chi connectivity index (χ3v) is 6.42. The second-order valence-electron chi connectivity index (χ2n) is 5.51. The maximum atomic E-state index is 12.9. The molecule has 0 aromatic heterocycles. The first-order valence-electron chi connectivity index (χ1n) is 8.05. The Morgan fingerprint density at radius 2 is 1.71 bits per heavy atom. The van der Waals surface area contributed by atoms with Crippen LogP contribution in [0, 0.1) is 0 Å². The molecule has 1 atom stereocenters. The van der Waals surface area contributed by atoms with E-state index in [-0.39, 0.29) is 11.6 Å². The molecule has 0 saturated heterocycles. The van der Waals surface area contributed by atoms with Gasteiger partial charge in [0.05, 0.1) is 12.1 Å². The summed E-state index contributed by atoms with van der Waals surface area (Å²) in [5.74, 6) is -0.672. The van der Waals surface area contributed by atoms with E-state index < -0.39 is 19.3 Å². The fourth-order valence-electron chi connectivity index (χ4n) is 2.35. The zero-order chi connectivity index (χ0) is 20.7. The number of hydrogen-bond acceptors (Lipinski definition) is 6. The Balaban J connectivity index is 2.16. The molecule has 28 heavy (non-hydrogen) atoms. The van der Waals surface area contributed by atoms with Crippen molar-refractivity contribution in [1.82, 2.24) is 5.32 Å². The third-order valence-electron chi connectivity index (χ3n) is 3.81. The zero-order valence-corrected chi connectivity index (χ0v) is 17.9. The summed E-state index contributed by atoms with van der Waals surface area (Å²) in [6, 6.07) is 11.3. The topological polar surface area (TPSA) is 83.1 Å². The summed E-state index contributed by atoms with van der Waals surface area (Å²) in [5, 5.41) is 3.34. The van der Waals surface area contributed by atoms with Gasteiger partial charge in [0.15, 0.2) is 12.4 Å². The SMILES string of the molecule is COc1ccc(C(NC(=O)COc2ccc(Cl)cc2Cl)P(=O)(OC)OC)cc1. The normalized spacial score (nSPS) is 12.3. The summed E-state index contributed by atoms with van der Waals surface area (Å²) >= 11 is 11.9. The van der Waals surface area contributed by atoms with Crippen LogP contribution in [0.2, 0.25) is 10.0 Å². The second-order valence-corrected chi connectivity index (χ2v) is 8.68. The highest BCUT2D eigenvalue weighted by atomic mass is 35.5. The van der Waals surface area contributed by atoms with E-state index in [1.54, 1.807) is 36.4 Å². The molecule has 0 saturated carbocycles. The van der Waals surface area contributed by atoms with E-state index in [2.05, 4.69) is 5.32 Å². The Kier molecular flexibility index (Phi) is 8.16. The van der Waals surface area contributed by atoms with Crippen LogP contribution in [0.25, 0.3) is 0 Å². The summed E-state index contributed by atoms with van der Waals surface area (Å²) in [7, 11) is 0.350. The summed E-state index contributed by atoms with van der Waals surface area (Å²) in [4.78, 5) is 12.4. The Morgan fingerprint density at radius 1 is 1.07 bits per heavy atom. The molecule has 2 aromatic carbocycles. The number of carbonyl (C=O) groups excluding carboxylic acids is 1. The molecule has 7 nitrogen and oxygen atoms in total. The molecular formula is C18H20Cl2NO6P. The average molecular weight is 448 g/mol. The summed E-state index contributed by atoms with van der Waals surface area (Å²) in [6.07, 6.45) is 0. The van der Waals surface area contributed by atoms with Crippen molar-refractivity contribution in [1.29, 1.82) is 0 Å². The maximum Gasteiger partial charge on any atom is 0.356 e. The van der Waals surface area contributed by atoms with Gasteiger partial charge in [0.2, 0.25) is 0 Å². The number of carbonyl (C=O) groups is 1. The number of hydrogen-bond donors (Lipinski definition) is 1. The summed E-state index contributed by atoms with van der Waals surface area (Å²) in [6.45, 7) is -0.360. The highest BCUT2D eigenvalue weighted by Gasteiger charge is 2.36. The predicted molar refractivity (Wildman–Crippen MR) is 107 cm³/mol. The van der Waals surface area contributed by atoms with Gasteiger partial charge in [0.1, 0.15) is 11.5 Å². The van der Waals surface area contributed by atoms with Crippen molar-refractivity contribution in [2.45, 2.75) is 5.78 Å². The molecule has 0 aliphatic heterocycles. The fraction of sp³-hybridized carbons (Fsp3) is 0.278. The van der Waals surface area contributed by atoms with E-state index in [0.29, 0.717) is 22.1 Å². The van der Waals surface area contributed by atoms with Gasteiger partial charge in [-0.05, 0) is 35.9 Å². The maximum absolute atomic E-state index is 12.9. The number of amides is 1. The lowest BCUT2D eigenvalue weighted by atomic mass is 10.2. The Bertz CT molecular complexity index is 854. The largest absolute Gasteiger partial charge is 0.497 e. The van der Waals surface area contributed by atoms with Crippen LogP contribution in [0.1, 0.15) is 11.3 Å². The van der Waals surface area contributed by atoms with Crippen molar-refractivity contribution in [2.75, 3.05) is 27.9 Å². The van der Waals surface area contributed by atoms with Gasteiger partial charge in [-0.3, -0.25) is 9.36 Å². The number of halogens is 2. The number of ether oxygens (including phenoxy) is 2. The minimum atomic E-state index is -3.67. The molecule has 2 aromatic rings.